The Balaban J connectivity index is 2.25. The SMILES string of the molecule is COc1cccc2c1C(=O)c1ccc(CC(C)=O)c(O)c1C2=O. The normalized spacial score (nSPS) is 12.6. The van der Waals surface area contributed by atoms with Crippen LogP contribution >= 0.6 is 0 Å². The summed E-state index contributed by atoms with van der Waals surface area (Å²) in [6, 6.07) is 7.73. The maximum Gasteiger partial charge on any atom is 0.198 e. The smallest absolute Gasteiger partial charge is 0.198 e. The van der Waals surface area contributed by atoms with Crippen molar-refractivity contribution < 1.29 is 24.2 Å². The summed E-state index contributed by atoms with van der Waals surface area (Å²) >= 11 is 0. The van der Waals surface area contributed by atoms with Gasteiger partial charge in [0.15, 0.2) is 11.6 Å². The standard InChI is InChI=1S/C18H14O5/c1-9(19)8-10-6-7-12-15(16(10)20)18(22)11-4-3-5-13(23-2)14(11)17(12)21/h3-7,20H,8H2,1-2H3. The van der Waals surface area contributed by atoms with Gasteiger partial charge in [-0.15, -0.1) is 0 Å². The van der Waals surface area contributed by atoms with E-state index < -0.39 is 5.78 Å². The van der Waals surface area contributed by atoms with E-state index in [2.05, 4.69) is 0 Å². The van der Waals surface area contributed by atoms with Crippen molar-refractivity contribution in [1.29, 1.82) is 0 Å². The number of hydrogen-bond acceptors (Lipinski definition) is 5. The Kier molecular flexibility index (Phi) is 3.48. The Bertz CT molecular complexity index is 864. The van der Waals surface area contributed by atoms with E-state index in [1.54, 1.807) is 12.1 Å². The molecule has 0 bridgehead atoms. The molecule has 3 rings (SSSR count). The first kappa shape index (κ1) is 15.0. The van der Waals surface area contributed by atoms with Crippen molar-refractivity contribution in [3.05, 3.63) is 58.1 Å². The number of Topliss-reactive ketones (excluding diaryl/α,β-unsaturated/α-hetero) is 1. The maximum atomic E-state index is 12.7. The number of aromatic hydroxyl groups is 1. The van der Waals surface area contributed by atoms with Crippen LogP contribution in [0.2, 0.25) is 0 Å². The Morgan fingerprint density at radius 1 is 1.04 bits per heavy atom. The van der Waals surface area contributed by atoms with Crippen LogP contribution in [0.5, 0.6) is 11.5 Å². The molecule has 0 heterocycles. The lowest BCUT2D eigenvalue weighted by molar-refractivity contribution is -0.116. The number of fused-ring (bicyclic) bond motifs is 2. The highest BCUT2D eigenvalue weighted by atomic mass is 16.5. The van der Waals surface area contributed by atoms with E-state index in [0.29, 0.717) is 11.3 Å². The van der Waals surface area contributed by atoms with E-state index in [9.17, 15) is 19.5 Å². The molecule has 1 aliphatic rings. The highest BCUT2D eigenvalue weighted by Gasteiger charge is 2.35. The van der Waals surface area contributed by atoms with Gasteiger partial charge in [0.05, 0.1) is 18.2 Å². The minimum Gasteiger partial charge on any atom is -0.507 e. The van der Waals surface area contributed by atoms with E-state index in [1.165, 1.54) is 32.2 Å². The topological polar surface area (TPSA) is 80.7 Å². The lowest BCUT2D eigenvalue weighted by Crippen LogP contribution is -2.22. The molecule has 1 aliphatic carbocycles. The summed E-state index contributed by atoms with van der Waals surface area (Å²) < 4.78 is 5.17. The van der Waals surface area contributed by atoms with Crippen LogP contribution in [-0.2, 0) is 11.2 Å². The van der Waals surface area contributed by atoms with Crippen LogP contribution in [0.1, 0.15) is 44.3 Å². The number of ketones is 3. The first-order chi connectivity index (χ1) is 11.0. The summed E-state index contributed by atoms with van der Waals surface area (Å²) in [6.07, 6.45) is 0.00551. The molecule has 5 heteroatoms. The molecular weight excluding hydrogens is 296 g/mol. The van der Waals surface area contributed by atoms with Gasteiger partial charge < -0.3 is 9.84 Å². The van der Waals surface area contributed by atoms with Gasteiger partial charge in [-0.2, -0.15) is 0 Å². The van der Waals surface area contributed by atoms with Gasteiger partial charge >= 0.3 is 0 Å². The fourth-order valence-electron chi connectivity index (χ4n) is 2.86. The van der Waals surface area contributed by atoms with E-state index in [0.717, 1.165) is 0 Å². The molecule has 0 radical (unpaired) electrons. The van der Waals surface area contributed by atoms with Gasteiger partial charge in [-0.05, 0) is 19.1 Å². The van der Waals surface area contributed by atoms with E-state index in [-0.39, 0.29) is 46.0 Å². The van der Waals surface area contributed by atoms with Crippen LogP contribution in [0.25, 0.3) is 0 Å². The molecule has 0 aromatic heterocycles. The molecule has 0 aliphatic heterocycles. The second-order valence-electron chi connectivity index (χ2n) is 5.42. The fourth-order valence-corrected chi connectivity index (χ4v) is 2.86. The maximum absolute atomic E-state index is 12.7. The van der Waals surface area contributed by atoms with Gasteiger partial charge in [-0.1, -0.05) is 18.2 Å². The molecule has 116 valence electrons. The number of methoxy groups -OCH3 is 1. The third kappa shape index (κ3) is 2.21. The molecule has 5 nitrogen and oxygen atoms in total. The first-order valence-electron chi connectivity index (χ1n) is 7.06. The predicted octanol–water partition coefficient (Wildman–Crippen LogP) is 2.31. The molecule has 0 saturated carbocycles. The summed E-state index contributed by atoms with van der Waals surface area (Å²) in [5.74, 6) is -0.951. The molecule has 0 unspecified atom stereocenters. The molecule has 2 aromatic rings. The monoisotopic (exact) mass is 310 g/mol. The highest BCUT2D eigenvalue weighted by molar-refractivity contribution is 6.30. The second kappa shape index (κ2) is 5.35. The summed E-state index contributed by atoms with van der Waals surface area (Å²) in [5.41, 5.74) is 0.804. The van der Waals surface area contributed by atoms with Gasteiger partial charge in [0.25, 0.3) is 0 Å². The van der Waals surface area contributed by atoms with Gasteiger partial charge in [0.2, 0.25) is 0 Å². The zero-order valence-electron chi connectivity index (χ0n) is 12.7. The van der Waals surface area contributed by atoms with Crippen molar-refractivity contribution in [3.63, 3.8) is 0 Å². The summed E-state index contributed by atoms with van der Waals surface area (Å²) in [7, 11) is 1.43. The number of phenols is 1. The van der Waals surface area contributed by atoms with Crippen LogP contribution in [0.4, 0.5) is 0 Å². The van der Waals surface area contributed by atoms with Crippen molar-refractivity contribution in [2.75, 3.05) is 7.11 Å². The van der Waals surface area contributed by atoms with Gasteiger partial charge in [-0.3, -0.25) is 14.4 Å². The van der Waals surface area contributed by atoms with Crippen LogP contribution in [0.15, 0.2) is 30.3 Å². The molecule has 2 aromatic carbocycles. The number of ether oxygens (including phenoxy) is 1. The first-order valence-corrected chi connectivity index (χ1v) is 7.06. The van der Waals surface area contributed by atoms with Crippen LogP contribution in [0.3, 0.4) is 0 Å². The van der Waals surface area contributed by atoms with Crippen LogP contribution < -0.4 is 4.74 Å². The Hall–Kier alpha value is -2.95. The second-order valence-corrected chi connectivity index (χ2v) is 5.42. The van der Waals surface area contributed by atoms with E-state index >= 15 is 0 Å². The minimum absolute atomic E-state index is 0.00551. The number of phenolic OH excluding ortho intramolecular Hbond substituents is 1. The van der Waals surface area contributed by atoms with Crippen molar-refractivity contribution in [2.45, 2.75) is 13.3 Å². The third-order valence-corrected chi connectivity index (χ3v) is 3.89. The Morgan fingerprint density at radius 3 is 2.35 bits per heavy atom. The van der Waals surface area contributed by atoms with Gasteiger partial charge in [0, 0.05) is 23.1 Å². The Labute approximate surface area is 132 Å². The molecule has 0 amide bonds. The lowest BCUT2D eigenvalue weighted by Gasteiger charge is -2.21. The van der Waals surface area contributed by atoms with Crippen molar-refractivity contribution in [3.8, 4) is 11.5 Å². The number of benzene rings is 2. The largest absolute Gasteiger partial charge is 0.507 e. The molecule has 1 N–H and O–H groups in total. The van der Waals surface area contributed by atoms with Crippen LogP contribution in [0, 0.1) is 0 Å². The molecule has 0 saturated heterocycles. The summed E-state index contributed by atoms with van der Waals surface area (Å²) in [5, 5.41) is 10.4. The molecule has 23 heavy (non-hydrogen) atoms. The number of hydrogen-bond donors (Lipinski definition) is 1. The zero-order chi connectivity index (χ0) is 16.7. The van der Waals surface area contributed by atoms with Gasteiger partial charge in [-0.25, -0.2) is 0 Å². The van der Waals surface area contributed by atoms with E-state index in [1.807, 2.05) is 0 Å². The van der Waals surface area contributed by atoms with Gasteiger partial charge in [0.1, 0.15) is 17.3 Å². The van der Waals surface area contributed by atoms with Crippen molar-refractivity contribution >= 4 is 17.3 Å². The van der Waals surface area contributed by atoms with Crippen molar-refractivity contribution in [1.82, 2.24) is 0 Å². The minimum atomic E-state index is -0.448. The quantitative estimate of drug-likeness (QED) is 0.803. The lowest BCUT2D eigenvalue weighted by atomic mass is 9.82. The zero-order valence-corrected chi connectivity index (χ0v) is 12.7. The highest BCUT2D eigenvalue weighted by Crippen LogP contribution is 2.38. The molecular formula is C18H14O5. The average Bonchev–Trinajstić information content (AvgIpc) is 2.53. The molecule has 0 atom stereocenters. The molecule has 0 fully saturated rings. The van der Waals surface area contributed by atoms with Crippen LogP contribution in [-0.4, -0.2) is 29.6 Å². The summed E-state index contributed by atoms with van der Waals surface area (Å²) in [4.78, 5) is 36.7. The molecule has 0 spiro atoms. The van der Waals surface area contributed by atoms with Crippen molar-refractivity contribution in [2.24, 2.45) is 0 Å². The third-order valence-electron chi connectivity index (χ3n) is 3.89. The number of carbonyl (C=O) groups is 3. The number of carbonyl (C=O) groups excluding carboxylic acids is 3. The van der Waals surface area contributed by atoms with E-state index in [4.69, 9.17) is 4.74 Å². The predicted molar refractivity (Wildman–Crippen MR) is 82.4 cm³/mol. The average molecular weight is 310 g/mol. The summed E-state index contributed by atoms with van der Waals surface area (Å²) in [6.45, 7) is 1.39. The Morgan fingerprint density at radius 2 is 1.70 bits per heavy atom. The number of rotatable bonds is 3. The fraction of sp³-hybridized carbons (Fsp3) is 0.167.